The Morgan fingerprint density at radius 3 is 2.50 bits per heavy atom. The summed E-state index contributed by atoms with van der Waals surface area (Å²) in [7, 11) is 0. The first-order valence-corrected chi connectivity index (χ1v) is 3.27. The van der Waals surface area contributed by atoms with Gasteiger partial charge in [0.25, 0.3) is 0 Å². The molecule has 1 heterocycles. The van der Waals surface area contributed by atoms with Crippen molar-refractivity contribution in [2.75, 3.05) is 6.54 Å². The summed E-state index contributed by atoms with van der Waals surface area (Å²) < 4.78 is 0. The third kappa shape index (κ3) is 0.892. The molecule has 1 aliphatic heterocycles. The van der Waals surface area contributed by atoms with Crippen molar-refractivity contribution in [2.45, 2.75) is 25.3 Å². The normalized spacial score (nSPS) is 34.6. The van der Waals surface area contributed by atoms with Crippen molar-refractivity contribution in [1.29, 1.82) is 0 Å². The zero-order valence-electron chi connectivity index (χ0n) is 5.87. The van der Waals surface area contributed by atoms with Gasteiger partial charge in [-0.1, -0.05) is 0 Å². The van der Waals surface area contributed by atoms with Gasteiger partial charge in [0.2, 0.25) is 0 Å². The minimum atomic E-state index is -1.04. The van der Waals surface area contributed by atoms with E-state index in [0.717, 1.165) is 11.5 Å². The van der Waals surface area contributed by atoms with E-state index in [-0.39, 0.29) is 0 Å². The zero-order chi connectivity index (χ0) is 7.78. The Hall–Kier alpha value is -0.610. The molecule has 0 aliphatic carbocycles. The van der Waals surface area contributed by atoms with Gasteiger partial charge in [0, 0.05) is 6.54 Å². The van der Waals surface area contributed by atoms with Gasteiger partial charge in [-0.05, 0) is 19.8 Å². The van der Waals surface area contributed by atoms with E-state index in [1.54, 1.807) is 0 Å². The van der Waals surface area contributed by atoms with Gasteiger partial charge >= 0.3 is 5.97 Å². The predicted molar refractivity (Wildman–Crippen MR) is 33.8 cm³/mol. The molecule has 1 aliphatic rings. The monoisotopic (exact) mass is 145 g/mol. The van der Waals surface area contributed by atoms with Gasteiger partial charge in [0.1, 0.15) is 5.54 Å². The predicted octanol–water partition coefficient (Wildman–Crippen LogP) is 0.315. The molecule has 0 spiro atoms. The first-order chi connectivity index (χ1) is 4.57. The molecule has 1 rings (SSSR count). The second kappa shape index (κ2) is 2.21. The van der Waals surface area contributed by atoms with Crippen LogP contribution in [0.1, 0.15) is 19.8 Å². The molecular weight excluding hydrogens is 134 g/mol. The lowest BCUT2D eigenvalue weighted by Crippen LogP contribution is -2.45. The van der Waals surface area contributed by atoms with Crippen molar-refractivity contribution in [1.82, 2.24) is 5.06 Å². The van der Waals surface area contributed by atoms with E-state index < -0.39 is 11.5 Å². The lowest BCUT2D eigenvalue weighted by atomic mass is 10.0. The van der Waals surface area contributed by atoms with Gasteiger partial charge in [-0.3, -0.25) is 4.79 Å². The molecule has 0 unspecified atom stereocenters. The summed E-state index contributed by atoms with van der Waals surface area (Å²) in [5.41, 5.74) is -1.04. The molecule has 2 N–H and O–H groups in total. The number of carbonyl (C=O) groups is 1. The molecule has 4 nitrogen and oxygen atoms in total. The quantitative estimate of drug-likeness (QED) is 0.557. The van der Waals surface area contributed by atoms with E-state index in [0.29, 0.717) is 13.0 Å². The Balaban J connectivity index is 2.75. The van der Waals surface area contributed by atoms with Crippen LogP contribution < -0.4 is 0 Å². The van der Waals surface area contributed by atoms with Crippen LogP contribution >= 0.6 is 0 Å². The molecule has 1 saturated heterocycles. The fraction of sp³-hybridized carbons (Fsp3) is 0.833. The van der Waals surface area contributed by atoms with E-state index in [2.05, 4.69) is 0 Å². The fourth-order valence-corrected chi connectivity index (χ4v) is 1.17. The Labute approximate surface area is 59.0 Å². The summed E-state index contributed by atoms with van der Waals surface area (Å²) in [6, 6.07) is 0. The number of hydrogen-bond donors (Lipinski definition) is 2. The Morgan fingerprint density at radius 1 is 1.70 bits per heavy atom. The molecule has 4 heteroatoms. The molecule has 0 aromatic carbocycles. The Bertz CT molecular complexity index is 159. The number of nitrogens with zero attached hydrogens (tertiary/aromatic N) is 1. The minimum Gasteiger partial charge on any atom is -0.480 e. The summed E-state index contributed by atoms with van der Waals surface area (Å²) in [4.78, 5) is 10.5. The van der Waals surface area contributed by atoms with Crippen molar-refractivity contribution in [3.63, 3.8) is 0 Å². The number of aliphatic carboxylic acids is 1. The summed E-state index contributed by atoms with van der Waals surface area (Å²) in [5.74, 6) is -0.951. The van der Waals surface area contributed by atoms with E-state index >= 15 is 0 Å². The molecule has 1 atom stereocenters. The third-order valence-corrected chi connectivity index (χ3v) is 2.06. The molecular formula is C6H11NO3. The largest absolute Gasteiger partial charge is 0.480 e. The molecule has 1 fully saturated rings. The maximum atomic E-state index is 10.5. The highest BCUT2D eigenvalue weighted by Gasteiger charge is 2.42. The fourth-order valence-electron chi connectivity index (χ4n) is 1.17. The van der Waals surface area contributed by atoms with Crippen LogP contribution in [0.2, 0.25) is 0 Å². The van der Waals surface area contributed by atoms with Crippen molar-refractivity contribution in [3.8, 4) is 0 Å². The first-order valence-electron chi connectivity index (χ1n) is 3.27. The highest BCUT2D eigenvalue weighted by atomic mass is 16.5. The van der Waals surface area contributed by atoms with Crippen LogP contribution in [0.5, 0.6) is 0 Å². The summed E-state index contributed by atoms with van der Waals surface area (Å²) in [6.45, 7) is 1.99. The van der Waals surface area contributed by atoms with Crippen molar-refractivity contribution >= 4 is 5.97 Å². The van der Waals surface area contributed by atoms with E-state index in [9.17, 15) is 4.79 Å². The number of hydroxylamine groups is 2. The molecule has 0 amide bonds. The van der Waals surface area contributed by atoms with Crippen LogP contribution in [-0.4, -0.2) is 33.4 Å². The number of hydrogen-bond acceptors (Lipinski definition) is 3. The van der Waals surface area contributed by atoms with Crippen LogP contribution in [0.15, 0.2) is 0 Å². The van der Waals surface area contributed by atoms with Crippen molar-refractivity contribution in [3.05, 3.63) is 0 Å². The SMILES string of the molecule is C[C@@]1(C(=O)O)CCCN1O. The van der Waals surface area contributed by atoms with Crippen molar-refractivity contribution < 1.29 is 15.1 Å². The Kier molecular flexibility index (Phi) is 1.66. The highest BCUT2D eigenvalue weighted by Crippen LogP contribution is 2.26. The first kappa shape index (κ1) is 7.50. The minimum absolute atomic E-state index is 0.461. The molecule has 0 aromatic rings. The van der Waals surface area contributed by atoms with Gasteiger partial charge in [-0.2, -0.15) is 5.06 Å². The van der Waals surface area contributed by atoms with Crippen LogP contribution in [0.4, 0.5) is 0 Å². The van der Waals surface area contributed by atoms with Gasteiger partial charge in [0.05, 0.1) is 0 Å². The highest BCUT2D eigenvalue weighted by molar-refractivity contribution is 5.78. The second-order valence-corrected chi connectivity index (χ2v) is 2.81. The average molecular weight is 145 g/mol. The van der Waals surface area contributed by atoms with Crippen molar-refractivity contribution in [2.24, 2.45) is 0 Å². The summed E-state index contributed by atoms with van der Waals surface area (Å²) >= 11 is 0. The Morgan fingerprint density at radius 2 is 2.30 bits per heavy atom. The molecule has 58 valence electrons. The molecule has 10 heavy (non-hydrogen) atoms. The van der Waals surface area contributed by atoms with Crippen LogP contribution in [0, 0.1) is 0 Å². The lowest BCUT2D eigenvalue weighted by Gasteiger charge is -2.24. The van der Waals surface area contributed by atoms with Crippen LogP contribution in [0.3, 0.4) is 0 Å². The average Bonchev–Trinajstić information content (AvgIpc) is 2.15. The maximum absolute atomic E-state index is 10.5. The third-order valence-electron chi connectivity index (χ3n) is 2.06. The van der Waals surface area contributed by atoms with Crippen LogP contribution in [0.25, 0.3) is 0 Å². The second-order valence-electron chi connectivity index (χ2n) is 2.81. The molecule has 0 aromatic heterocycles. The van der Waals surface area contributed by atoms with E-state index in [1.807, 2.05) is 0 Å². The number of carboxylic acid groups (broad SMARTS) is 1. The number of carboxylic acids is 1. The molecule has 0 bridgehead atoms. The maximum Gasteiger partial charge on any atom is 0.326 e. The lowest BCUT2D eigenvalue weighted by molar-refractivity contribution is -0.180. The van der Waals surface area contributed by atoms with Crippen LogP contribution in [-0.2, 0) is 4.79 Å². The van der Waals surface area contributed by atoms with E-state index in [1.165, 1.54) is 6.92 Å². The zero-order valence-corrected chi connectivity index (χ0v) is 5.87. The molecule has 0 radical (unpaired) electrons. The van der Waals surface area contributed by atoms with E-state index in [4.69, 9.17) is 10.3 Å². The standard InChI is InChI=1S/C6H11NO3/c1-6(5(8)9)3-2-4-7(6)10/h10H,2-4H2,1H3,(H,8,9)/t6-/m0/s1. The van der Waals surface area contributed by atoms with Gasteiger partial charge in [-0.25, -0.2) is 0 Å². The topological polar surface area (TPSA) is 60.8 Å². The number of rotatable bonds is 1. The summed E-state index contributed by atoms with van der Waals surface area (Å²) in [6.07, 6.45) is 1.28. The summed E-state index contributed by atoms with van der Waals surface area (Å²) in [5, 5.41) is 18.6. The van der Waals surface area contributed by atoms with Gasteiger partial charge in [0.15, 0.2) is 0 Å². The molecule has 0 saturated carbocycles. The smallest absolute Gasteiger partial charge is 0.326 e. The van der Waals surface area contributed by atoms with Gasteiger partial charge < -0.3 is 10.3 Å². The van der Waals surface area contributed by atoms with Gasteiger partial charge in [-0.15, -0.1) is 0 Å².